The molecule has 0 amide bonds. The SMILES string of the molecule is CC1(C)c2ccccc2N(c2c(-c3ccccc3)noc2-c2ccccc2)c2ccccc21. The summed E-state index contributed by atoms with van der Waals surface area (Å²) in [7, 11) is 0. The smallest absolute Gasteiger partial charge is 0.191 e. The molecule has 33 heavy (non-hydrogen) atoms. The molecule has 2 heterocycles. The summed E-state index contributed by atoms with van der Waals surface area (Å²) >= 11 is 0. The second kappa shape index (κ2) is 7.49. The minimum absolute atomic E-state index is 0.124. The van der Waals surface area contributed by atoms with Crippen molar-refractivity contribution in [1.29, 1.82) is 0 Å². The maximum atomic E-state index is 6.08. The summed E-state index contributed by atoms with van der Waals surface area (Å²) in [6.07, 6.45) is 0. The Morgan fingerprint density at radius 2 is 1.09 bits per heavy atom. The first kappa shape index (κ1) is 19.6. The lowest BCUT2D eigenvalue weighted by Crippen LogP contribution is -2.30. The second-order valence-electron chi connectivity index (χ2n) is 8.94. The van der Waals surface area contributed by atoms with Crippen molar-refractivity contribution in [3.05, 3.63) is 120 Å². The topological polar surface area (TPSA) is 29.3 Å². The van der Waals surface area contributed by atoms with Gasteiger partial charge in [-0.3, -0.25) is 0 Å². The zero-order valence-corrected chi connectivity index (χ0v) is 18.7. The van der Waals surface area contributed by atoms with Gasteiger partial charge in [-0.25, -0.2) is 0 Å². The monoisotopic (exact) mass is 428 g/mol. The van der Waals surface area contributed by atoms with E-state index in [-0.39, 0.29) is 5.41 Å². The summed E-state index contributed by atoms with van der Waals surface area (Å²) in [4.78, 5) is 2.33. The molecule has 0 atom stereocenters. The van der Waals surface area contributed by atoms with Crippen molar-refractivity contribution in [2.45, 2.75) is 19.3 Å². The number of rotatable bonds is 3. The zero-order chi connectivity index (χ0) is 22.4. The molecule has 0 spiro atoms. The summed E-state index contributed by atoms with van der Waals surface area (Å²) in [6, 6.07) is 37.8. The molecule has 0 saturated heterocycles. The van der Waals surface area contributed by atoms with E-state index >= 15 is 0 Å². The number of nitrogens with zero attached hydrogens (tertiary/aromatic N) is 2. The lowest BCUT2D eigenvalue weighted by atomic mass is 9.73. The van der Waals surface area contributed by atoms with Crippen LogP contribution in [0.25, 0.3) is 22.6 Å². The Bertz CT molecular complexity index is 1330. The van der Waals surface area contributed by atoms with Gasteiger partial charge in [-0.2, -0.15) is 0 Å². The fourth-order valence-corrected chi connectivity index (χ4v) is 4.97. The molecule has 160 valence electrons. The van der Waals surface area contributed by atoms with Gasteiger partial charge >= 0.3 is 0 Å². The third-order valence-electron chi connectivity index (χ3n) is 6.61. The van der Waals surface area contributed by atoms with E-state index in [1.807, 2.05) is 36.4 Å². The van der Waals surface area contributed by atoms with Crippen LogP contribution in [0.1, 0.15) is 25.0 Å². The Labute approximate surface area is 193 Å². The fraction of sp³-hybridized carbons (Fsp3) is 0.100. The predicted molar refractivity (Wildman–Crippen MR) is 134 cm³/mol. The van der Waals surface area contributed by atoms with Crippen LogP contribution in [0.4, 0.5) is 17.1 Å². The van der Waals surface area contributed by atoms with Crippen molar-refractivity contribution in [3.8, 4) is 22.6 Å². The average molecular weight is 429 g/mol. The number of fused-ring (bicyclic) bond motifs is 2. The van der Waals surface area contributed by atoms with E-state index in [9.17, 15) is 0 Å². The normalized spacial score (nSPS) is 13.9. The molecule has 3 nitrogen and oxygen atoms in total. The molecule has 6 rings (SSSR count). The molecule has 0 bridgehead atoms. The number of hydrogen-bond acceptors (Lipinski definition) is 3. The first-order valence-corrected chi connectivity index (χ1v) is 11.3. The van der Waals surface area contributed by atoms with Gasteiger partial charge < -0.3 is 9.42 Å². The first-order valence-electron chi connectivity index (χ1n) is 11.3. The number of hydrogen-bond donors (Lipinski definition) is 0. The van der Waals surface area contributed by atoms with E-state index in [1.165, 1.54) is 11.1 Å². The first-order chi connectivity index (χ1) is 16.2. The Morgan fingerprint density at radius 3 is 1.67 bits per heavy atom. The molecule has 1 aliphatic heterocycles. The highest BCUT2D eigenvalue weighted by Crippen LogP contribution is 2.55. The van der Waals surface area contributed by atoms with Crippen LogP contribution in [0.3, 0.4) is 0 Å². The van der Waals surface area contributed by atoms with Crippen LogP contribution in [0.2, 0.25) is 0 Å². The Kier molecular flexibility index (Phi) is 4.44. The highest BCUT2D eigenvalue weighted by atomic mass is 16.5. The molecule has 1 aromatic heterocycles. The molecule has 3 heteroatoms. The Hall–Kier alpha value is -4.11. The van der Waals surface area contributed by atoms with Gasteiger partial charge in [0.2, 0.25) is 0 Å². The van der Waals surface area contributed by atoms with Gasteiger partial charge in [0.1, 0.15) is 11.4 Å². The lowest BCUT2D eigenvalue weighted by Gasteiger charge is -2.41. The largest absolute Gasteiger partial charge is 0.353 e. The van der Waals surface area contributed by atoms with Crippen LogP contribution in [-0.2, 0) is 5.41 Å². The van der Waals surface area contributed by atoms with Crippen molar-refractivity contribution in [1.82, 2.24) is 5.16 Å². The molecule has 0 unspecified atom stereocenters. The summed E-state index contributed by atoms with van der Waals surface area (Å²) in [5.74, 6) is 0.763. The van der Waals surface area contributed by atoms with E-state index in [2.05, 4.69) is 96.7 Å². The van der Waals surface area contributed by atoms with Crippen LogP contribution in [0.15, 0.2) is 114 Å². The molecular weight excluding hydrogens is 404 g/mol. The number of anilines is 3. The molecule has 5 aromatic rings. The van der Waals surface area contributed by atoms with Gasteiger partial charge in [-0.15, -0.1) is 0 Å². The summed E-state index contributed by atoms with van der Waals surface area (Å²) in [5.41, 5.74) is 8.56. The highest BCUT2D eigenvalue weighted by molar-refractivity contribution is 5.97. The van der Waals surface area contributed by atoms with Crippen molar-refractivity contribution in [3.63, 3.8) is 0 Å². The zero-order valence-electron chi connectivity index (χ0n) is 18.7. The molecule has 0 aliphatic carbocycles. The Balaban J connectivity index is 1.70. The van der Waals surface area contributed by atoms with Crippen molar-refractivity contribution < 1.29 is 4.52 Å². The fourth-order valence-electron chi connectivity index (χ4n) is 4.97. The van der Waals surface area contributed by atoms with Crippen LogP contribution in [0.5, 0.6) is 0 Å². The molecule has 4 aromatic carbocycles. The summed E-state index contributed by atoms with van der Waals surface area (Å²) < 4.78 is 6.08. The maximum absolute atomic E-state index is 6.08. The van der Waals surface area contributed by atoms with Crippen molar-refractivity contribution >= 4 is 17.1 Å². The molecule has 0 saturated carbocycles. The maximum Gasteiger partial charge on any atom is 0.191 e. The van der Waals surface area contributed by atoms with Crippen LogP contribution in [-0.4, -0.2) is 5.16 Å². The van der Waals surface area contributed by atoms with Crippen molar-refractivity contribution in [2.75, 3.05) is 4.90 Å². The highest BCUT2D eigenvalue weighted by Gasteiger charge is 2.39. The third-order valence-corrected chi connectivity index (χ3v) is 6.61. The Morgan fingerprint density at radius 1 is 0.606 bits per heavy atom. The van der Waals surface area contributed by atoms with Gasteiger partial charge in [-0.1, -0.05) is 116 Å². The molecule has 0 radical (unpaired) electrons. The summed E-state index contributed by atoms with van der Waals surface area (Å²) in [5, 5.41) is 4.60. The number of para-hydroxylation sites is 2. The van der Waals surface area contributed by atoms with E-state index in [0.717, 1.165) is 39.6 Å². The quantitative estimate of drug-likeness (QED) is 0.290. The molecule has 1 aliphatic rings. The van der Waals surface area contributed by atoms with Gasteiger partial charge in [0.25, 0.3) is 0 Å². The van der Waals surface area contributed by atoms with E-state index in [0.29, 0.717) is 0 Å². The molecule has 0 fully saturated rings. The standard InChI is InChI=1S/C30H24N2O/c1-30(2)23-17-9-11-19-25(23)32(26-20-12-10-18-24(26)30)28-27(21-13-5-3-6-14-21)31-33-29(28)22-15-7-4-8-16-22/h3-20H,1-2H3. The second-order valence-corrected chi connectivity index (χ2v) is 8.94. The molecular formula is C30H24N2O. The summed E-state index contributed by atoms with van der Waals surface area (Å²) in [6.45, 7) is 4.59. The van der Waals surface area contributed by atoms with E-state index in [1.54, 1.807) is 0 Å². The van der Waals surface area contributed by atoms with Gasteiger partial charge in [0, 0.05) is 16.5 Å². The van der Waals surface area contributed by atoms with Crippen molar-refractivity contribution in [2.24, 2.45) is 0 Å². The van der Waals surface area contributed by atoms with E-state index in [4.69, 9.17) is 4.52 Å². The number of aromatic nitrogens is 1. The third kappa shape index (κ3) is 3.00. The van der Waals surface area contributed by atoms with Crippen LogP contribution in [0, 0.1) is 0 Å². The lowest BCUT2D eigenvalue weighted by molar-refractivity contribution is 0.435. The minimum Gasteiger partial charge on any atom is -0.353 e. The number of benzene rings is 4. The predicted octanol–water partition coefficient (Wildman–Crippen LogP) is 8.12. The van der Waals surface area contributed by atoms with Gasteiger partial charge in [0.15, 0.2) is 5.76 Å². The average Bonchev–Trinajstić information content (AvgIpc) is 3.30. The van der Waals surface area contributed by atoms with Crippen LogP contribution < -0.4 is 4.90 Å². The van der Waals surface area contributed by atoms with Crippen LogP contribution >= 0.6 is 0 Å². The van der Waals surface area contributed by atoms with Gasteiger partial charge in [-0.05, 0) is 23.3 Å². The molecule has 0 N–H and O–H groups in total. The van der Waals surface area contributed by atoms with Gasteiger partial charge in [0.05, 0.1) is 11.4 Å². The minimum atomic E-state index is -0.124. The van der Waals surface area contributed by atoms with E-state index < -0.39 is 0 Å².